The standard InChI is InChI=1S/C35H56O8/c1-3-4-11-25-16-17-26(22-25)31(42-34-14-7-9-20-40-34)19-18-28-29(23-27(36)12-5-6-13-33(38)39-2)30(37)24-32(28)43-35-15-8-10-21-41-35/h18-19,25-26,28-29,31-32,34-35H,3-17,20-24H2,1-2H3/t25?,26?,28-,29-,31-,32-,34?,35?/m1/s1. The molecule has 244 valence electrons. The molecule has 0 radical (unpaired) electrons. The van der Waals surface area contributed by atoms with Crippen LogP contribution in [0.3, 0.4) is 0 Å². The Hall–Kier alpha value is -1.61. The Morgan fingerprint density at radius 1 is 0.953 bits per heavy atom. The van der Waals surface area contributed by atoms with Crippen LogP contribution in [0.1, 0.15) is 122 Å². The molecule has 0 N–H and O–H groups in total. The lowest BCUT2D eigenvalue weighted by molar-refractivity contribution is -0.193. The number of carbonyl (C=O) groups is 3. The van der Waals surface area contributed by atoms with E-state index in [4.69, 9.17) is 23.7 Å². The van der Waals surface area contributed by atoms with Crippen molar-refractivity contribution in [1.29, 1.82) is 0 Å². The zero-order chi connectivity index (χ0) is 30.4. The van der Waals surface area contributed by atoms with Crippen LogP contribution in [-0.4, -0.2) is 62.6 Å². The minimum atomic E-state index is -0.412. The molecule has 8 atom stereocenters. The van der Waals surface area contributed by atoms with Gasteiger partial charge in [0.1, 0.15) is 11.6 Å². The van der Waals surface area contributed by atoms with E-state index >= 15 is 0 Å². The van der Waals surface area contributed by atoms with Crippen LogP contribution in [0.5, 0.6) is 0 Å². The van der Waals surface area contributed by atoms with Crippen LogP contribution in [0.2, 0.25) is 0 Å². The summed E-state index contributed by atoms with van der Waals surface area (Å²) in [6.45, 7) is 3.67. The fourth-order valence-electron chi connectivity index (χ4n) is 7.37. The van der Waals surface area contributed by atoms with Crippen LogP contribution in [-0.2, 0) is 38.1 Å². The number of carbonyl (C=O) groups excluding carboxylic acids is 3. The number of ether oxygens (including phenoxy) is 5. The van der Waals surface area contributed by atoms with Crippen molar-refractivity contribution in [1.82, 2.24) is 0 Å². The van der Waals surface area contributed by atoms with E-state index < -0.39 is 5.92 Å². The average molecular weight is 605 g/mol. The normalized spacial score (nSPS) is 32.3. The summed E-state index contributed by atoms with van der Waals surface area (Å²) in [5, 5.41) is 0. The molecule has 2 aliphatic carbocycles. The van der Waals surface area contributed by atoms with E-state index in [9.17, 15) is 14.4 Å². The summed E-state index contributed by atoms with van der Waals surface area (Å²) in [5.41, 5.74) is 0. The molecular weight excluding hydrogens is 548 g/mol. The van der Waals surface area contributed by atoms with Gasteiger partial charge in [0.25, 0.3) is 0 Å². The van der Waals surface area contributed by atoms with Crippen molar-refractivity contribution in [3.05, 3.63) is 12.2 Å². The Kier molecular flexibility index (Phi) is 14.6. The number of esters is 1. The monoisotopic (exact) mass is 604 g/mol. The van der Waals surface area contributed by atoms with Crippen molar-refractivity contribution >= 4 is 17.5 Å². The smallest absolute Gasteiger partial charge is 0.305 e. The van der Waals surface area contributed by atoms with E-state index in [1.165, 1.54) is 32.8 Å². The van der Waals surface area contributed by atoms with Gasteiger partial charge in [0.15, 0.2) is 12.6 Å². The van der Waals surface area contributed by atoms with Crippen molar-refractivity contribution in [3.8, 4) is 0 Å². The average Bonchev–Trinajstić information content (AvgIpc) is 3.61. The third kappa shape index (κ3) is 11.1. The maximum Gasteiger partial charge on any atom is 0.305 e. The van der Waals surface area contributed by atoms with Gasteiger partial charge in [0.2, 0.25) is 0 Å². The summed E-state index contributed by atoms with van der Waals surface area (Å²) in [7, 11) is 1.37. The zero-order valence-corrected chi connectivity index (χ0v) is 26.7. The molecule has 4 aliphatic rings. The molecule has 2 saturated carbocycles. The molecule has 0 amide bonds. The number of Topliss-reactive ketones (excluding diaryl/α,β-unsaturated/α-hetero) is 2. The highest BCUT2D eigenvalue weighted by molar-refractivity contribution is 5.90. The van der Waals surface area contributed by atoms with Crippen molar-refractivity contribution in [3.63, 3.8) is 0 Å². The summed E-state index contributed by atoms with van der Waals surface area (Å²) in [5.74, 6) is 0.452. The van der Waals surface area contributed by atoms with E-state index in [-0.39, 0.29) is 54.7 Å². The van der Waals surface area contributed by atoms with E-state index in [1.54, 1.807) is 0 Å². The maximum atomic E-state index is 13.4. The van der Waals surface area contributed by atoms with E-state index in [2.05, 4.69) is 19.1 Å². The highest BCUT2D eigenvalue weighted by Gasteiger charge is 2.44. The first-order valence-corrected chi connectivity index (χ1v) is 17.3. The van der Waals surface area contributed by atoms with Crippen molar-refractivity contribution in [2.75, 3.05) is 20.3 Å². The number of hydrogen-bond donors (Lipinski definition) is 0. The van der Waals surface area contributed by atoms with Gasteiger partial charge in [-0.05, 0) is 76.0 Å². The topological polar surface area (TPSA) is 97.4 Å². The molecule has 0 bridgehead atoms. The molecule has 0 aromatic carbocycles. The molecule has 43 heavy (non-hydrogen) atoms. The Morgan fingerprint density at radius 2 is 1.70 bits per heavy atom. The third-order valence-corrected chi connectivity index (χ3v) is 9.92. The molecular formula is C35H56O8. The molecule has 0 spiro atoms. The summed E-state index contributed by atoms with van der Waals surface area (Å²) >= 11 is 0. The Bertz CT molecular complexity index is 890. The second-order valence-electron chi connectivity index (χ2n) is 13.2. The lowest BCUT2D eigenvalue weighted by atomic mass is 9.87. The van der Waals surface area contributed by atoms with Crippen LogP contribution in [0.15, 0.2) is 12.2 Å². The van der Waals surface area contributed by atoms with Gasteiger partial charge in [0.05, 0.1) is 19.3 Å². The van der Waals surface area contributed by atoms with Gasteiger partial charge < -0.3 is 23.7 Å². The molecule has 8 nitrogen and oxygen atoms in total. The second kappa shape index (κ2) is 18.4. The van der Waals surface area contributed by atoms with Gasteiger partial charge in [-0.1, -0.05) is 44.8 Å². The predicted octanol–water partition coefficient (Wildman–Crippen LogP) is 6.87. The van der Waals surface area contributed by atoms with E-state index in [0.717, 1.165) is 63.9 Å². The molecule has 0 aromatic heterocycles. The fraction of sp³-hybridized carbons (Fsp3) is 0.857. The van der Waals surface area contributed by atoms with Crippen LogP contribution < -0.4 is 0 Å². The van der Waals surface area contributed by atoms with Gasteiger partial charge in [0, 0.05) is 50.7 Å². The lowest BCUT2D eigenvalue weighted by Gasteiger charge is -2.31. The molecule has 2 aliphatic heterocycles. The predicted molar refractivity (Wildman–Crippen MR) is 163 cm³/mol. The highest BCUT2D eigenvalue weighted by Crippen LogP contribution is 2.40. The molecule has 8 heteroatoms. The van der Waals surface area contributed by atoms with Crippen LogP contribution in [0.4, 0.5) is 0 Å². The first-order chi connectivity index (χ1) is 21.0. The number of rotatable bonds is 17. The van der Waals surface area contributed by atoms with Crippen molar-refractivity contribution in [2.45, 2.75) is 147 Å². The second-order valence-corrected chi connectivity index (χ2v) is 13.2. The first kappa shape index (κ1) is 34.3. The van der Waals surface area contributed by atoms with Gasteiger partial charge in [-0.2, -0.15) is 0 Å². The fourth-order valence-corrected chi connectivity index (χ4v) is 7.37. The lowest BCUT2D eigenvalue weighted by Crippen LogP contribution is -2.32. The largest absolute Gasteiger partial charge is 0.469 e. The maximum absolute atomic E-state index is 13.4. The molecule has 4 rings (SSSR count). The first-order valence-electron chi connectivity index (χ1n) is 17.3. The number of ketones is 2. The summed E-state index contributed by atoms with van der Waals surface area (Å²) < 4.78 is 29.6. The number of unbranched alkanes of at least 4 members (excludes halogenated alkanes) is 2. The zero-order valence-electron chi connectivity index (χ0n) is 26.7. The van der Waals surface area contributed by atoms with Gasteiger partial charge in [-0.3, -0.25) is 14.4 Å². The van der Waals surface area contributed by atoms with Crippen LogP contribution in [0, 0.1) is 23.7 Å². The summed E-state index contributed by atoms with van der Waals surface area (Å²) in [6.07, 6.45) is 19.2. The van der Waals surface area contributed by atoms with Crippen LogP contribution >= 0.6 is 0 Å². The van der Waals surface area contributed by atoms with Crippen molar-refractivity contribution in [2.24, 2.45) is 23.7 Å². The Morgan fingerprint density at radius 3 is 2.40 bits per heavy atom. The minimum absolute atomic E-state index is 0.0640. The van der Waals surface area contributed by atoms with E-state index in [0.29, 0.717) is 44.6 Å². The molecule has 2 saturated heterocycles. The number of methoxy groups -OCH3 is 1. The Labute approximate surface area is 258 Å². The minimum Gasteiger partial charge on any atom is -0.469 e. The summed E-state index contributed by atoms with van der Waals surface area (Å²) in [4.78, 5) is 37.8. The highest BCUT2D eigenvalue weighted by atomic mass is 16.7. The molecule has 0 aromatic rings. The van der Waals surface area contributed by atoms with E-state index in [1.807, 2.05) is 0 Å². The number of hydrogen-bond acceptors (Lipinski definition) is 8. The molecule has 2 heterocycles. The summed E-state index contributed by atoms with van der Waals surface area (Å²) in [6, 6.07) is 0. The molecule has 4 unspecified atom stereocenters. The quantitative estimate of drug-likeness (QED) is 0.101. The SMILES string of the molecule is CCCCC1CCC([C@@H](C=C[C@H]2[C@H](OC3CCCCO3)CC(=O)[C@@H]2CC(=O)CCCCC(=O)OC)OC2CCCCO2)C1. The van der Waals surface area contributed by atoms with Gasteiger partial charge in [-0.25, -0.2) is 0 Å². The molecule has 4 fully saturated rings. The Balaban J connectivity index is 1.46. The van der Waals surface area contributed by atoms with Crippen LogP contribution in [0.25, 0.3) is 0 Å². The third-order valence-electron chi connectivity index (χ3n) is 9.92. The van der Waals surface area contributed by atoms with Gasteiger partial charge in [-0.15, -0.1) is 0 Å². The van der Waals surface area contributed by atoms with Crippen molar-refractivity contribution < 1.29 is 38.1 Å². The van der Waals surface area contributed by atoms with Gasteiger partial charge >= 0.3 is 5.97 Å².